The lowest BCUT2D eigenvalue weighted by Gasteiger charge is -2.37. The van der Waals surface area contributed by atoms with Crippen LogP contribution in [-0.2, 0) is 14.2 Å². The van der Waals surface area contributed by atoms with Crippen LogP contribution in [-0.4, -0.2) is 66.1 Å². The number of aromatic nitrogens is 2. The summed E-state index contributed by atoms with van der Waals surface area (Å²) in [5.74, 6) is -1.43. The van der Waals surface area contributed by atoms with Gasteiger partial charge in [-0.05, 0) is 32.0 Å². The van der Waals surface area contributed by atoms with Gasteiger partial charge in [-0.25, -0.2) is 9.97 Å². The summed E-state index contributed by atoms with van der Waals surface area (Å²) in [6.07, 6.45) is 1.94. The highest BCUT2D eigenvalue weighted by Gasteiger charge is 2.33. The Bertz CT molecular complexity index is 832. The summed E-state index contributed by atoms with van der Waals surface area (Å²) in [6.45, 7) is 4.64. The highest BCUT2D eigenvalue weighted by Crippen LogP contribution is 2.20. The van der Waals surface area contributed by atoms with Crippen LogP contribution in [0.5, 0.6) is 0 Å². The molecule has 1 fully saturated rings. The van der Waals surface area contributed by atoms with Gasteiger partial charge >= 0.3 is 0 Å². The van der Waals surface area contributed by atoms with Crippen molar-refractivity contribution in [3.8, 4) is 0 Å². The number of hydrogen-bond donors (Lipinski definition) is 2. The van der Waals surface area contributed by atoms with Gasteiger partial charge in [0.25, 0.3) is 11.8 Å². The molecule has 2 atom stereocenters. The third-order valence-corrected chi connectivity index (χ3v) is 4.45. The number of ether oxygens (including phenoxy) is 3. The number of carbonyl (C=O) groups is 2. The first-order valence-electron chi connectivity index (χ1n) is 9.76. The minimum absolute atomic E-state index is 0.0712. The van der Waals surface area contributed by atoms with Crippen molar-refractivity contribution >= 4 is 11.8 Å². The van der Waals surface area contributed by atoms with Gasteiger partial charge in [-0.2, -0.15) is 0 Å². The van der Waals surface area contributed by atoms with E-state index < -0.39 is 23.9 Å². The van der Waals surface area contributed by atoms with Crippen molar-refractivity contribution in [3.63, 3.8) is 0 Å². The molecule has 160 valence electrons. The fourth-order valence-electron chi connectivity index (χ4n) is 3.01. The fraction of sp³-hybridized carbons (Fsp3) is 0.429. The number of nitrogens with zero attached hydrogens (tertiary/aromatic N) is 2. The summed E-state index contributed by atoms with van der Waals surface area (Å²) in [7, 11) is 0. The lowest BCUT2D eigenvalue weighted by atomic mass is 10.1. The van der Waals surface area contributed by atoms with Crippen LogP contribution in [0.15, 0.2) is 48.8 Å². The van der Waals surface area contributed by atoms with Crippen LogP contribution in [0.4, 0.5) is 0 Å². The Morgan fingerprint density at radius 2 is 1.63 bits per heavy atom. The molecule has 1 aliphatic heterocycles. The predicted octanol–water partition coefficient (Wildman–Crippen LogP) is 1.17. The van der Waals surface area contributed by atoms with Crippen LogP contribution in [0.1, 0.15) is 34.8 Å². The van der Waals surface area contributed by atoms with Crippen LogP contribution < -0.4 is 10.6 Å². The van der Waals surface area contributed by atoms with Crippen molar-refractivity contribution in [2.24, 2.45) is 0 Å². The van der Waals surface area contributed by atoms with E-state index in [0.29, 0.717) is 18.8 Å². The molecule has 1 aliphatic rings. The normalized spacial score (nSPS) is 21.1. The first-order chi connectivity index (χ1) is 14.4. The summed E-state index contributed by atoms with van der Waals surface area (Å²) in [4.78, 5) is 32.6. The Morgan fingerprint density at radius 1 is 0.967 bits per heavy atom. The van der Waals surface area contributed by atoms with Gasteiger partial charge in [0.05, 0.1) is 13.2 Å². The Labute approximate surface area is 175 Å². The average Bonchev–Trinajstić information content (AvgIpc) is 2.76. The first-order valence-corrected chi connectivity index (χ1v) is 9.76. The predicted molar refractivity (Wildman–Crippen MR) is 108 cm³/mol. The van der Waals surface area contributed by atoms with Gasteiger partial charge in [-0.1, -0.05) is 18.2 Å². The number of benzene rings is 1. The van der Waals surface area contributed by atoms with Crippen molar-refractivity contribution in [2.75, 3.05) is 26.3 Å². The van der Waals surface area contributed by atoms with E-state index in [1.165, 1.54) is 12.4 Å². The van der Waals surface area contributed by atoms with E-state index in [-0.39, 0.29) is 24.8 Å². The minimum atomic E-state index is -0.864. The molecule has 3 rings (SSSR count). The van der Waals surface area contributed by atoms with Crippen LogP contribution in [0.25, 0.3) is 0 Å². The number of amides is 2. The van der Waals surface area contributed by atoms with Gasteiger partial charge in [0.1, 0.15) is 12.2 Å². The number of hydrogen-bond acceptors (Lipinski definition) is 7. The lowest BCUT2D eigenvalue weighted by molar-refractivity contribution is -0.277. The lowest BCUT2D eigenvalue weighted by Crippen LogP contribution is -2.52. The zero-order valence-electron chi connectivity index (χ0n) is 17.0. The molecule has 9 nitrogen and oxygen atoms in total. The second kappa shape index (κ2) is 10.2. The molecule has 9 heteroatoms. The Morgan fingerprint density at radius 3 is 2.37 bits per heavy atom. The molecule has 0 spiro atoms. The van der Waals surface area contributed by atoms with Crippen molar-refractivity contribution in [1.82, 2.24) is 20.6 Å². The molecule has 0 radical (unpaired) electrons. The number of carbonyl (C=O) groups excluding carboxylic acids is 2. The molecule has 2 amide bonds. The molecular formula is C21H26N4O5. The van der Waals surface area contributed by atoms with Gasteiger partial charge in [-0.15, -0.1) is 0 Å². The van der Waals surface area contributed by atoms with Crippen LogP contribution in [0.3, 0.4) is 0 Å². The van der Waals surface area contributed by atoms with Gasteiger partial charge in [0, 0.05) is 31.0 Å². The van der Waals surface area contributed by atoms with Crippen LogP contribution >= 0.6 is 0 Å². The topological polar surface area (TPSA) is 112 Å². The summed E-state index contributed by atoms with van der Waals surface area (Å²) >= 11 is 0. The van der Waals surface area contributed by atoms with Gasteiger partial charge in [0.15, 0.2) is 5.79 Å². The summed E-state index contributed by atoms with van der Waals surface area (Å²) < 4.78 is 17.6. The van der Waals surface area contributed by atoms with E-state index in [1.807, 2.05) is 6.07 Å². The molecule has 0 bridgehead atoms. The van der Waals surface area contributed by atoms with E-state index in [9.17, 15) is 9.59 Å². The molecule has 1 saturated heterocycles. The van der Waals surface area contributed by atoms with Gasteiger partial charge in [0.2, 0.25) is 5.82 Å². The van der Waals surface area contributed by atoms with E-state index in [4.69, 9.17) is 14.2 Å². The number of nitrogens with one attached hydrogen (secondary N) is 2. The third kappa shape index (κ3) is 6.31. The second-order valence-electron chi connectivity index (χ2n) is 7.17. The maximum absolute atomic E-state index is 12.4. The molecule has 2 N–H and O–H groups in total. The van der Waals surface area contributed by atoms with Crippen molar-refractivity contribution in [3.05, 3.63) is 60.2 Å². The maximum atomic E-state index is 12.4. The van der Waals surface area contributed by atoms with Crippen molar-refractivity contribution in [1.29, 1.82) is 0 Å². The zero-order chi connectivity index (χ0) is 21.4. The zero-order valence-corrected chi connectivity index (χ0v) is 17.0. The molecule has 0 saturated carbocycles. The fourth-order valence-corrected chi connectivity index (χ4v) is 3.01. The number of rotatable bonds is 6. The largest absolute Gasteiger partial charge is 0.371 e. The molecule has 1 aromatic carbocycles. The molecule has 2 aromatic rings. The van der Waals surface area contributed by atoms with Crippen LogP contribution in [0, 0.1) is 0 Å². The Kier molecular flexibility index (Phi) is 7.45. The van der Waals surface area contributed by atoms with E-state index in [0.717, 1.165) is 0 Å². The minimum Gasteiger partial charge on any atom is -0.371 e. The van der Waals surface area contributed by atoms with E-state index >= 15 is 0 Å². The Hall–Kier alpha value is -2.88. The first kappa shape index (κ1) is 21.8. The molecule has 0 unspecified atom stereocenters. The molecule has 30 heavy (non-hydrogen) atoms. The average molecular weight is 414 g/mol. The highest BCUT2D eigenvalue weighted by molar-refractivity contribution is 5.94. The molecule has 2 heterocycles. The van der Waals surface area contributed by atoms with E-state index in [1.54, 1.807) is 44.2 Å². The molecule has 0 aliphatic carbocycles. The monoisotopic (exact) mass is 414 g/mol. The Balaban J connectivity index is 1.65. The maximum Gasteiger partial charge on any atom is 0.289 e. The summed E-state index contributed by atoms with van der Waals surface area (Å²) in [5, 5.41) is 5.64. The van der Waals surface area contributed by atoms with Crippen LogP contribution in [0.2, 0.25) is 0 Å². The third-order valence-electron chi connectivity index (χ3n) is 4.45. The second-order valence-corrected chi connectivity index (χ2v) is 7.17. The highest BCUT2D eigenvalue weighted by atomic mass is 16.7. The summed E-state index contributed by atoms with van der Waals surface area (Å²) in [5.41, 5.74) is 0.547. The summed E-state index contributed by atoms with van der Waals surface area (Å²) in [6, 6.07) is 10.5. The van der Waals surface area contributed by atoms with E-state index in [2.05, 4.69) is 20.6 Å². The molecular weight excluding hydrogens is 388 g/mol. The standard InChI is InChI=1S/C21H26N4O5/c1-21(2)29-12-11-28-16(13-25-20(27)18-22-9-6-10-23-18)17(30-21)14-24-19(26)15-7-4-3-5-8-15/h3-10,16-17H,11-14H2,1-2H3,(H,24,26)(H,25,27)/t16-,17+/m1/s1. The molecule has 1 aromatic heterocycles. The van der Waals surface area contributed by atoms with Crippen molar-refractivity contribution in [2.45, 2.75) is 31.8 Å². The van der Waals surface area contributed by atoms with Gasteiger partial charge < -0.3 is 24.8 Å². The van der Waals surface area contributed by atoms with Gasteiger partial charge in [-0.3, -0.25) is 9.59 Å². The van der Waals surface area contributed by atoms with Crippen molar-refractivity contribution < 1.29 is 23.8 Å². The quantitative estimate of drug-likeness (QED) is 0.730. The smallest absolute Gasteiger partial charge is 0.289 e. The SMILES string of the molecule is CC1(C)OCCO[C@H](CNC(=O)c2ncccn2)[C@H](CNC(=O)c2ccccc2)O1.